The van der Waals surface area contributed by atoms with Gasteiger partial charge in [-0.05, 0) is 19.4 Å². The van der Waals surface area contributed by atoms with E-state index in [-0.39, 0.29) is 35.4 Å². The Labute approximate surface area is 227 Å². The molecule has 16 heteroatoms. The van der Waals surface area contributed by atoms with Gasteiger partial charge in [0, 0.05) is 5.75 Å². The number of nitrogens with zero attached hydrogens (tertiary/aromatic N) is 4. The number of fused-ring (bicyclic) bond motifs is 1. The normalized spacial score (nSPS) is 31.4. The zero-order valence-corrected chi connectivity index (χ0v) is 23.0. The van der Waals surface area contributed by atoms with Gasteiger partial charge in [0.2, 0.25) is 11.8 Å². The van der Waals surface area contributed by atoms with E-state index in [0.29, 0.717) is 0 Å². The van der Waals surface area contributed by atoms with Crippen LogP contribution in [0.5, 0.6) is 5.88 Å². The number of aromatic nitrogens is 4. The van der Waals surface area contributed by atoms with Crippen LogP contribution >= 0.6 is 18.1 Å². The highest BCUT2D eigenvalue weighted by atomic mass is 32.7. The predicted octanol–water partition coefficient (Wildman–Crippen LogP) is 1.56. The average Bonchev–Trinajstić information content (AvgIpc) is 3.57. The van der Waals surface area contributed by atoms with Gasteiger partial charge in [0.25, 0.3) is 0 Å². The highest BCUT2D eigenvalue weighted by Gasteiger charge is 2.54. The van der Waals surface area contributed by atoms with Gasteiger partial charge in [-0.1, -0.05) is 41.7 Å². The van der Waals surface area contributed by atoms with E-state index in [2.05, 4.69) is 20.0 Å². The first-order valence-corrected chi connectivity index (χ1v) is 15.3. The van der Waals surface area contributed by atoms with Gasteiger partial charge in [0.15, 0.2) is 17.4 Å². The van der Waals surface area contributed by atoms with Crippen molar-refractivity contribution in [2.45, 2.75) is 50.0 Å². The number of methoxy groups -OCH3 is 1. The minimum Gasteiger partial charge on any atom is -0.479 e. The number of carbonyl (C=O) groups excluding carboxylic acids is 1. The lowest BCUT2D eigenvalue weighted by atomic mass is 9.96. The molecule has 7 atom stereocenters. The molecule has 14 nitrogen and oxygen atoms in total. The molecule has 0 saturated carbocycles. The molecule has 0 aliphatic carbocycles. The third kappa shape index (κ3) is 5.35. The number of rotatable bonds is 8. The van der Waals surface area contributed by atoms with Crippen LogP contribution in [0.3, 0.4) is 0 Å². The Balaban J connectivity index is 1.23. The lowest BCUT2D eigenvalue weighted by Crippen LogP contribution is -2.44. The standard InChI is InChI=1S/C23H29N6O8PS/c1-12(13-7-5-4-6-8-13)36-20(31)14-10-39-38(33,28-14)35-9-15-17(30)23(2,32)21(37-15)29-11-25-16-18(29)26-22(24)27-19(16)34-3/h4-8,11-12,14-15,17,21,30,32H,9-10H2,1-3H3,(H,28,33)(H2,24,26,27)/t12-,14?,15?,17+,21+,23+,38+/m0/s1. The van der Waals surface area contributed by atoms with Crippen molar-refractivity contribution >= 4 is 41.2 Å². The highest BCUT2D eigenvalue weighted by molar-refractivity contribution is 8.56. The molecule has 0 bridgehead atoms. The van der Waals surface area contributed by atoms with E-state index >= 15 is 0 Å². The number of hydrogen-bond donors (Lipinski definition) is 4. The van der Waals surface area contributed by atoms with Crippen molar-refractivity contribution in [3.63, 3.8) is 0 Å². The Morgan fingerprint density at radius 1 is 1.38 bits per heavy atom. The van der Waals surface area contributed by atoms with Crippen LogP contribution < -0.4 is 15.6 Å². The zero-order chi connectivity index (χ0) is 27.9. The number of esters is 1. The fourth-order valence-corrected chi connectivity index (χ4v) is 8.33. The summed E-state index contributed by atoms with van der Waals surface area (Å²) in [5.41, 5.74) is 5.33. The van der Waals surface area contributed by atoms with Crippen molar-refractivity contribution in [1.82, 2.24) is 24.6 Å². The Bertz CT molecular complexity index is 1410. The molecule has 2 saturated heterocycles. The van der Waals surface area contributed by atoms with Gasteiger partial charge in [-0.3, -0.25) is 13.9 Å². The van der Waals surface area contributed by atoms with E-state index in [4.69, 9.17) is 24.5 Å². The first-order chi connectivity index (χ1) is 18.5. The van der Waals surface area contributed by atoms with E-state index in [1.807, 2.05) is 30.3 Å². The van der Waals surface area contributed by atoms with Gasteiger partial charge in [-0.15, -0.1) is 0 Å². The molecule has 4 heterocycles. The fourth-order valence-electron chi connectivity index (χ4n) is 4.45. The van der Waals surface area contributed by atoms with E-state index < -0.39 is 48.9 Å². The molecule has 2 aliphatic rings. The van der Waals surface area contributed by atoms with Gasteiger partial charge in [0.05, 0.1) is 20.0 Å². The summed E-state index contributed by atoms with van der Waals surface area (Å²) >= 11 is 0.956. The summed E-state index contributed by atoms with van der Waals surface area (Å²) in [7, 11) is 1.41. The van der Waals surface area contributed by atoms with Crippen molar-refractivity contribution in [3.05, 3.63) is 42.2 Å². The fraction of sp³-hybridized carbons (Fsp3) is 0.478. The van der Waals surface area contributed by atoms with Gasteiger partial charge < -0.3 is 34.7 Å². The minimum absolute atomic E-state index is 0.0761. The summed E-state index contributed by atoms with van der Waals surface area (Å²) < 4.78 is 37.0. The van der Waals surface area contributed by atoms with E-state index in [9.17, 15) is 19.6 Å². The molecule has 39 heavy (non-hydrogen) atoms. The molecule has 210 valence electrons. The van der Waals surface area contributed by atoms with Crippen LogP contribution in [-0.4, -0.2) is 79.0 Å². The SMILES string of the molecule is COc1nc(N)nc2c1ncn2[C@@H]1OC(CO[P@]2(=O)NC(C(=O)O[C@@H](C)c3ccccc3)CS2)[C@@H](O)[C@@]1(C)O. The van der Waals surface area contributed by atoms with Crippen LogP contribution in [0.15, 0.2) is 36.7 Å². The Kier molecular flexibility index (Phi) is 7.59. The molecule has 2 unspecified atom stereocenters. The molecule has 1 aromatic carbocycles. The lowest BCUT2D eigenvalue weighted by Gasteiger charge is -2.27. The number of ether oxygens (including phenoxy) is 3. The Morgan fingerprint density at radius 2 is 2.13 bits per heavy atom. The first kappa shape index (κ1) is 27.8. The topological polar surface area (TPSA) is 193 Å². The van der Waals surface area contributed by atoms with Crippen LogP contribution in [0.25, 0.3) is 11.2 Å². The summed E-state index contributed by atoms with van der Waals surface area (Å²) in [6.45, 7) is -0.719. The lowest BCUT2D eigenvalue weighted by molar-refractivity contribution is -0.150. The third-order valence-corrected chi connectivity index (χ3v) is 10.6. The summed E-state index contributed by atoms with van der Waals surface area (Å²) in [6.07, 6.45) is -2.75. The molecule has 0 spiro atoms. The number of aliphatic hydroxyl groups is 2. The van der Waals surface area contributed by atoms with E-state index in [1.165, 1.54) is 24.9 Å². The molecule has 0 radical (unpaired) electrons. The first-order valence-electron chi connectivity index (χ1n) is 12.0. The number of carbonyl (C=O) groups is 1. The second kappa shape index (κ2) is 10.7. The van der Waals surface area contributed by atoms with Crippen LogP contribution in [0.4, 0.5) is 5.95 Å². The van der Waals surface area contributed by atoms with Gasteiger partial charge >= 0.3 is 12.7 Å². The zero-order valence-electron chi connectivity index (χ0n) is 21.3. The largest absolute Gasteiger partial charge is 0.479 e. The summed E-state index contributed by atoms with van der Waals surface area (Å²) in [5, 5.41) is 24.7. The second-order valence-corrected chi connectivity index (χ2v) is 13.7. The smallest absolute Gasteiger partial charge is 0.327 e. The van der Waals surface area contributed by atoms with Crippen LogP contribution in [0.2, 0.25) is 0 Å². The molecule has 2 aliphatic heterocycles. The van der Waals surface area contributed by atoms with Crippen molar-refractivity contribution in [3.8, 4) is 5.88 Å². The van der Waals surface area contributed by atoms with Crippen molar-refractivity contribution in [1.29, 1.82) is 0 Å². The molecule has 0 amide bonds. The maximum atomic E-state index is 13.3. The molecular weight excluding hydrogens is 551 g/mol. The molecule has 3 aromatic rings. The predicted molar refractivity (Wildman–Crippen MR) is 141 cm³/mol. The van der Waals surface area contributed by atoms with E-state index in [0.717, 1.165) is 16.9 Å². The molecule has 5 rings (SSSR count). The Morgan fingerprint density at radius 3 is 2.85 bits per heavy atom. The number of nitrogens with one attached hydrogen (secondary N) is 1. The minimum atomic E-state index is -3.53. The highest BCUT2D eigenvalue weighted by Crippen LogP contribution is 2.61. The molecular formula is C23H29N6O8PS. The van der Waals surface area contributed by atoms with Gasteiger partial charge in [-0.25, -0.2) is 10.1 Å². The summed E-state index contributed by atoms with van der Waals surface area (Å²) in [4.78, 5) is 25.0. The van der Waals surface area contributed by atoms with Crippen molar-refractivity contribution in [2.24, 2.45) is 0 Å². The quantitative estimate of drug-likeness (QED) is 0.221. The number of benzene rings is 1. The van der Waals surface area contributed by atoms with Crippen LogP contribution in [0, 0.1) is 0 Å². The van der Waals surface area contributed by atoms with Gasteiger partial charge in [-0.2, -0.15) is 9.97 Å². The number of nitrogen functional groups attached to an aromatic ring is 1. The number of hydrogen-bond acceptors (Lipinski definition) is 13. The number of nitrogens with two attached hydrogens (primary N) is 1. The molecule has 5 N–H and O–H groups in total. The molecule has 2 aromatic heterocycles. The van der Waals surface area contributed by atoms with Crippen LogP contribution in [0.1, 0.15) is 31.7 Å². The number of aliphatic hydroxyl groups excluding tert-OH is 1. The summed E-state index contributed by atoms with van der Waals surface area (Å²) in [6, 6.07) is 8.43. The van der Waals surface area contributed by atoms with Crippen LogP contribution in [-0.2, 0) is 23.4 Å². The maximum Gasteiger partial charge on any atom is 0.327 e. The van der Waals surface area contributed by atoms with Crippen molar-refractivity contribution < 1.29 is 38.3 Å². The molecule has 2 fully saturated rings. The van der Waals surface area contributed by atoms with Gasteiger partial charge in [0.1, 0.15) is 30.0 Å². The summed E-state index contributed by atoms with van der Waals surface area (Å²) in [5.74, 6) is -0.310. The number of imidazole rings is 1. The van der Waals surface area contributed by atoms with E-state index in [1.54, 1.807) is 6.92 Å². The average molecular weight is 581 g/mol. The monoisotopic (exact) mass is 580 g/mol. The Hall–Kier alpha value is -2.78. The second-order valence-electron chi connectivity index (χ2n) is 9.37. The van der Waals surface area contributed by atoms with Crippen molar-refractivity contribution in [2.75, 3.05) is 25.2 Å². The maximum absolute atomic E-state index is 13.3. The third-order valence-electron chi connectivity index (χ3n) is 6.59. The number of anilines is 1.